The molecule has 1 aliphatic rings. The summed E-state index contributed by atoms with van der Waals surface area (Å²) in [6, 6.07) is 5.94. The Morgan fingerprint density at radius 2 is 2.24 bits per heavy atom. The number of ether oxygens (including phenoxy) is 1. The van der Waals surface area contributed by atoms with Crippen LogP contribution >= 0.6 is 0 Å². The summed E-state index contributed by atoms with van der Waals surface area (Å²) in [5, 5.41) is 0. The second kappa shape index (κ2) is 5.46. The fraction of sp³-hybridized carbons (Fsp3) is 0.533. The summed E-state index contributed by atoms with van der Waals surface area (Å²) < 4.78 is 5.54. The van der Waals surface area contributed by atoms with Crippen molar-refractivity contribution in [3.63, 3.8) is 0 Å². The van der Waals surface area contributed by atoms with Crippen LogP contribution in [0, 0.1) is 13.8 Å². The molecule has 1 aromatic carbocycles. The summed E-state index contributed by atoms with van der Waals surface area (Å²) in [5.74, 6) is 0.252. The Bertz CT molecular complexity index is 403. The molecule has 1 aliphatic heterocycles. The fourth-order valence-corrected chi connectivity index (χ4v) is 2.35. The quantitative estimate of drug-likeness (QED) is 0.743. The van der Waals surface area contributed by atoms with Gasteiger partial charge in [0.1, 0.15) is 0 Å². The summed E-state index contributed by atoms with van der Waals surface area (Å²) in [7, 11) is 0. The summed E-state index contributed by atoms with van der Waals surface area (Å²) in [6.45, 7) is 4.93. The smallest absolute Gasteiger partial charge is 0.163 e. The van der Waals surface area contributed by atoms with Gasteiger partial charge in [-0.2, -0.15) is 0 Å². The lowest BCUT2D eigenvalue weighted by atomic mass is 9.97. The Kier molecular flexibility index (Phi) is 3.95. The third-order valence-electron chi connectivity index (χ3n) is 3.62. The molecule has 2 heteroatoms. The molecule has 0 bridgehead atoms. The summed E-state index contributed by atoms with van der Waals surface area (Å²) in [5.41, 5.74) is 3.18. The Labute approximate surface area is 103 Å². The Morgan fingerprint density at radius 1 is 1.41 bits per heavy atom. The van der Waals surface area contributed by atoms with Gasteiger partial charge >= 0.3 is 0 Å². The molecule has 1 atom stereocenters. The van der Waals surface area contributed by atoms with Crippen molar-refractivity contribution in [3.8, 4) is 0 Å². The van der Waals surface area contributed by atoms with Gasteiger partial charge in [0.05, 0.1) is 6.10 Å². The number of hydrogen-bond acceptors (Lipinski definition) is 2. The van der Waals surface area contributed by atoms with Crippen molar-refractivity contribution < 1.29 is 9.53 Å². The molecule has 0 aromatic heterocycles. The van der Waals surface area contributed by atoms with Gasteiger partial charge in [-0.1, -0.05) is 18.2 Å². The number of carbonyl (C=O) groups excluding carboxylic acids is 1. The number of carbonyl (C=O) groups is 1. The van der Waals surface area contributed by atoms with E-state index in [1.807, 2.05) is 32.0 Å². The van der Waals surface area contributed by atoms with Crippen molar-refractivity contribution in [2.45, 2.75) is 45.6 Å². The molecular weight excluding hydrogens is 212 g/mol. The lowest BCUT2D eigenvalue weighted by molar-refractivity contribution is 0.0859. The highest BCUT2D eigenvalue weighted by Gasteiger charge is 2.18. The van der Waals surface area contributed by atoms with Crippen LogP contribution in [0.5, 0.6) is 0 Å². The predicted molar refractivity (Wildman–Crippen MR) is 68.5 cm³/mol. The molecule has 0 amide bonds. The van der Waals surface area contributed by atoms with Crippen molar-refractivity contribution in [1.29, 1.82) is 0 Å². The van der Waals surface area contributed by atoms with Gasteiger partial charge in [-0.05, 0) is 44.2 Å². The van der Waals surface area contributed by atoms with Gasteiger partial charge in [-0.15, -0.1) is 0 Å². The molecule has 92 valence electrons. The van der Waals surface area contributed by atoms with Crippen molar-refractivity contribution >= 4 is 5.78 Å². The van der Waals surface area contributed by atoms with Crippen LogP contribution < -0.4 is 0 Å². The molecule has 0 saturated carbocycles. The molecule has 1 heterocycles. The van der Waals surface area contributed by atoms with E-state index >= 15 is 0 Å². The number of Topliss-reactive ketones (excluding diaryl/α,β-unsaturated/α-hetero) is 1. The zero-order valence-electron chi connectivity index (χ0n) is 10.7. The third kappa shape index (κ3) is 2.95. The van der Waals surface area contributed by atoms with Crippen molar-refractivity contribution in [2.24, 2.45) is 0 Å². The van der Waals surface area contributed by atoms with E-state index < -0.39 is 0 Å². The van der Waals surface area contributed by atoms with Gasteiger partial charge in [0, 0.05) is 18.6 Å². The maximum atomic E-state index is 12.1. The first-order valence-electron chi connectivity index (χ1n) is 6.39. The van der Waals surface area contributed by atoms with Crippen LogP contribution in [0.1, 0.15) is 47.2 Å². The SMILES string of the molecule is Cc1cccc(C(=O)CCC2CCCO2)c1C. The first-order chi connectivity index (χ1) is 8.18. The monoisotopic (exact) mass is 232 g/mol. The Balaban J connectivity index is 1.97. The van der Waals surface area contributed by atoms with Crippen molar-refractivity contribution in [3.05, 3.63) is 34.9 Å². The number of ketones is 1. The molecule has 1 fully saturated rings. The van der Waals surface area contributed by atoms with Gasteiger partial charge in [-0.3, -0.25) is 4.79 Å². The second-order valence-electron chi connectivity index (χ2n) is 4.84. The lowest BCUT2D eigenvalue weighted by Crippen LogP contribution is -2.10. The highest BCUT2D eigenvalue weighted by molar-refractivity contribution is 5.97. The minimum absolute atomic E-state index is 0.252. The molecule has 0 N–H and O–H groups in total. The number of hydrogen-bond donors (Lipinski definition) is 0. The van der Waals surface area contributed by atoms with E-state index in [1.165, 1.54) is 5.56 Å². The van der Waals surface area contributed by atoms with Crippen LogP contribution in [0.4, 0.5) is 0 Å². The maximum absolute atomic E-state index is 12.1. The van der Waals surface area contributed by atoms with Crippen LogP contribution in [-0.4, -0.2) is 18.5 Å². The molecular formula is C15H20O2. The fourth-order valence-electron chi connectivity index (χ4n) is 2.35. The van der Waals surface area contributed by atoms with Gasteiger partial charge in [0.2, 0.25) is 0 Å². The summed E-state index contributed by atoms with van der Waals surface area (Å²) in [6.07, 6.45) is 4.04. The van der Waals surface area contributed by atoms with E-state index in [-0.39, 0.29) is 5.78 Å². The van der Waals surface area contributed by atoms with E-state index in [2.05, 4.69) is 0 Å². The first-order valence-corrected chi connectivity index (χ1v) is 6.39. The molecule has 0 aliphatic carbocycles. The molecule has 1 unspecified atom stereocenters. The van der Waals surface area contributed by atoms with Crippen molar-refractivity contribution in [1.82, 2.24) is 0 Å². The minimum Gasteiger partial charge on any atom is -0.378 e. The van der Waals surface area contributed by atoms with E-state index in [9.17, 15) is 4.79 Å². The van der Waals surface area contributed by atoms with Crippen LogP contribution in [0.2, 0.25) is 0 Å². The predicted octanol–water partition coefficient (Wildman–Crippen LogP) is 3.45. The number of rotatable bonds is 4. The molecule has 0 spiro atoms. The summed E-state index contributed by atoms with van der Waals surface area (Å²) >= 11 is 0. The van der Waals surface area contributed by atoms with Gasteiger partial charge in [0.25, 0.3) is 0 Å². The normalized spacial score (nSPS) is 19.5. The van der Waals surface area contributed by atoms with E-state index in [0.717, 1.165) is 37.0 Å². The zero-order valence-corrected chi connectivity index (χ0v) is 10.7. The number of benzene rings is 1. The Hall–Kier alpha value is -1.15. The molecule has 2 rings (SSSR count). The summed E-state index contributed by atoms with van der Waals surface area (Å²) in [4.78, 5) is 12.1. The van der Waals surface area contributed by atoms with Crippen molar-refractivity contribution in [2.75, 3.05) is 6.61 Å². The largest absolute Gasteiger partial charge is 0.378 e. The molecule has 17 heavy (non-hydrogen) atoms. The average molecular weight is 232 g/mol. The molecule has 1 saturated heterocycles. The molecule has 0 radical (unpaired) electrons. The first kappa shape index (κ1) is 12.3. The van der Waals surface area contributed by atoms with Gasteiger partial charge in [-0.25, -0.2) is 0 Å². The number of aryl methyl sites for hydroxylation is 1. The lowest BCUT2D eigenvalue weighted by Gasteiger charge is -2.10. The van der Waals surface area contributed by atoms with E-state index in [0.29, 0.717) is 12.5 Å². The third-order valence-corrected chi connectivity index (χ3v) is 3.62. The van der Waals surface area contributed by atoms with Crippen LogP contribution in [0.3, 0.4) is 0 Å². The topological polar surface area (TPSA) is 26.3 Å². The molecule has 1 aromatic rings. The highest BCUT2D eigenvalue weighted by atomic mass is 16.5. The second-order valence-corrected chi connectivity index (χ2v) is 4.84. The van der Waals surface area contributed by atoms with Crippen LogP contribution in [-0.2, 0) is 4.74 Å². The standard InChI is InChI=1S/C15H20O2/c1-11-5-3-7-14(12(11)2)15(16)9-8-13-6-4-10-17-13/h3,5,7,13H,4,6,8-10H2,1-2H3. The molecule has 2 nitrogen and oxygen atoms in total. The highest BCUT2D eigenvalue weighted by Crippen LogP contribution is 2.20. The van der Waals surface area contributed by atoms with E-state index in [1.54, 1.807) is 0 Å². The van der Waals surface area contributed by atoms with Gasteiger partial charge < -0.3 is 4.74 Å². The Morgan fingerprint density at radius 3 is 2.94 bits per heavy atom. The van der Waals surface area contributed by atoms with Gasteiger partial charge in [0.15, 0.2) is 5.78 Å². The zero-order chi connectivity index (χ0) is 12.3. The van der Waals surface area contributed by atoms with Crippen LogP contribution in [0.25, 0.3) is 0 Å². The van der Waals surface area contributed by atoms with E-state index in [4.69, 9.17) is 4.74 Å². The van der Waals surface area contributed by atoms with Crippen LogP contribution in [0.15, 0.2) is 18.2 Å². The minimum atomic E-state index is 0.252. The average Bonchev–Trinajstić information content (AvgIpc) is 2.82. The maximum Gasteiger partial charge on any atom is 0.163 e.